The van der Waals surface area contributed by atoms with E-state index in [-0.39, 0.29) is 6.67 Å². The fourth-order valence-corrected chi connectivity index (χ4v) is 0.781. The number of rotatable bonds is 6. The smallest absolute Gasteiger partial charge is 0.102 e. The first-order valence-electron chi connectivity index (χ1n) is 3.63. The van der Waals surface area contributed by atoms with Crippen LogP contribution >= 0.6 is 0 Å². The molecule has 0 radical (unpaired) electrons. The number of hydrogen-bond acceptors (Lipinski definition) is 2. The third kappa shape index (κ3) is 4.70. The summed E-state index contributed by atoms with van der Waals surface area (Å²) in [6.07, 6.45) is 0.980. The molecule has 10 heavy (non-hydrogen) atoms. The zero-order valence-corrected chi connectivity index (χ0v) is 6.69. The van der Waals surface area contributed by atoms with Gasteiger partial charge >= 0.3 is 0 Å². The van der Waals surface area contributed by atoms with Crippen LogP contribution in [0.25, 0.3) is 0 Å². The summed E-state index contributed by atoms with van der Waals surface area (Å²) in [7, 11) is 1.65. The Bertz CT molecular complexity index is 70.6. The van der Waals surface area contributed by atoms with E-state index in [4.69, 9.17) is 4.74 Å². The van der Waals surface area contributed by atoms with Crippen molar-refractivity contribution >= 4 is 0 Å². The van der Waals surface area contributed by atoms with Gasteiger partial charge < -0.3 is 10.1 Å². The minimum atomic E-state index is -0.305. The van der Waals surface area contributed by atoms with Crippen LogP contribution in [-0.4, -0.2) is 33.0 Å². The highest BCUT2D eigenvalue weighted by atomic mass is 19.1. The highest BCUT2D eigenvalue weighted by Crippen LogP contribution is 1.89. The monoisotopic (exact) mass is 149 g/mol. The third-order valence-electron chi connectivity index (χ3n) is 1.39. The van der Waals surface area contributed by atoms with Gasteiger partial charge in [0.05, 0.1) is 6.61 Å². The van der Waals surface area contributed by atoms with Crippen LogP contribution in [0.4, 0.5) is 4.39 Å². The van der Waals surface area contributed by atoms with Crippen molar-refractivity contribution in [3.05, 3.63) is 0 Å². The van der Waals surface area contributed by atoms with Crippen molar-refractivity contribution in [2.24, 2.45) is 0 Å². The molecule has 3 heteroatoms. The molecule has 0 heterocycles. The van der Waals surface area contributed by atoms with Gasteiger partial charge in [-0.2, -0.15) is 0 Å². The Morgan fingerprint density at radius 1 is 1.60 bits per heavy atom. The van der Waals surface area contributed by atoms with Gasteiger partial charge in [-0.1, -0.05) is 6.92 Å². The van der Waals surface area contributed by atoms with E-state index < -0.39 is 0 Å². The molecule has 0 spiro atoms. The van der Waals surface area contributed by atoms with E-state index in [0.29, 0.717) is 19.2 Å². The van der Waals surface area contributed by atoms with Crippen LogP contribution < -0.4 is 5.32 Å². The number of halogens is 1. The van der Waals surface area contributed by atoms with Crippen molar-refractivity contribution in [1.82, 2.24) is 5.32 Å². The molecule has 0 aliphatic rings. The number of nitrogens with one attached hydrogen (secondary N) is 1. The second-order valence-corrected chi connectivity index (χ2v) is 2.20. The quantitative estimate of drug-likeness (QED) is 0.607. The van der Waals surface area contributed by atoms with Gasteiger partial charge in [-0.25, -0.2) is 4.39 Å². The number of alkyl halides is 1. The molecule has 0 aliphatic heterocycles. The molecular weight excluding hydrogens is 133 g/mol. The van der Waals surface area contributed by atoms with Gasteiger partial charge in [0.2, 0.25) is 0 Å². The Labute approximate surface area is 61.8 Å². The lowest BCUT2D eigenvalue weighted by Gasteiger charge is -2.13. The molecule has 1 N–H and O–H groups in total. The number of methoxy groups -OCH3 is 1. The van der Waals surface area contributed by atoms with Crippen LogP contribution in [0.3, 0.4) is 0 Å². The maximum Gasteiger partial charge on any atom is 0.102 e. The molecule has 0 amide bonds. The molecule has 0 rings (SSSR count). The van der Waals surface area contributed by atoms with Gasteiger partial charge in [0, 0.05) is 19.7 Å². The lowest BCUT2D eigenvalue weighted by Crippen LogP contribution is -2.33. The molecule has 0 aromatic carbocycles. The van der Waals surface area contributed by atoms with E-state index >= 15 is 0 Å². The molecule has 0 saturated carbocycles. The fraction of sp³-hybridized carbons (Fsp3) is 1.00. The van der Waals surface area contributed by atoms with Crippen molar-refractivity contribution in [3.8, 4) is 0 Å². The topological polar surface area (TPSA) is 21.3 Å². The minimum absolute atomic E-state index is 0.305. The maximum absolute atomic E-state index is 11.6. The van der Waals surface area contributed by atoms with Crippen LogP contribution in [0.1, 0.15) is 13.3 Å². The van der Waals surface area contributed by atoms with E-state index in [2.05, 4.69) is 12.2 Å². The summed E-state index contributed by atoms with van der Waals surface area (Å²) in [5.41, 5.74) is 0. The van der Waals surface area contributed by atoms with Crippen molar-refractivity contribution in [3.63, 3.8) is 0 Å². The Hall–Kier alpha value is -0.150. The Morgan fingerprint density at radius 2 is 2.30 bits per heavy atom. The highest BCUT2D eigenvalue weighted by Gasteiger charge is 2.02. The van der Waals surface area contributed by atoms with Gasteiger partial charge in [0.25, 0.3) is 0 Å². The third-order valence-corrected chi connectivity index (χ3v) is 1.39. The van der Waals surface area contributed by atoms with Crippen LogP contribution in [0, 0.1) is 0 Å². The second kappa shape index (κ2) is 6.96. The Morgan fingerprint density at radius 3 is 2.70 bits per heavy atom. The summed E-state index contributed by atoms with van der Waals surface area (Å²) in [4.78, 5) is 0. The molecule has 0 saturated heterocycles. The molecule has 0 aliphatic carbocycles. The first-order valence-corrected chi connectivity index (χ1v) is 3.63. The van der Waals surface area contributed by atoms with Gasteiger partial charge in [-0.15, -0.1) is 0 Å². The van der Waals surface area contributed by atoms with E-state index in [0.717, 1.165) is 6.42 Å². The summed E-state index contributed by atoms with van der Waals surface area (Å²) in [6, 6.07) is 0.306. The largest absolute Gasteiger partial charge is 0.383 e. The molecule has 0 fully saturated rings. The van der Waals surface area contributed by atoms with E-state index in [9.17, 15) is 4.39 Å². The zero-order valence-electron chi connectivity index (χ0n) is 6.69. The van der Waals surface area contributed by atoms with Gasteiger partial charge in [0.15, 0.2) is 0 Å². The number of ether oxygens (including phenoxy) is 1. The molecule has 1 atom stereocenters. The standard InChI is InChI=1S/C7H16FNO/c1-3-7(6-10-2)9-5-4-8/h7,9H,3-6H2,1-2H3. The number of hydrogen-bond donors (Lipinski definition) is 1. The maximum atomic E-state index is 11.6. The molecule has 0 aromatic rings. The Balaban J connectivity index is 3.21. The predicted molar refractivity (Wildman–Crippen MR) is 39.9 cm³/mol. The summed E-state index contributed by atoms with van der Waals surface area (Å²) in [5.74, 6) is 0. The van der Waals surface area contributed by atoms with Crippen LogP contribution in [0.2, 0.25) is 0 Å². The first-order chi connectivity index (χ1) is 4.85. The average Bonchev–Trinajstić information content (AvgIpc) is 1.98. The van der Waals surface area contributed by atoms with E-state index in [1.54, 1.807) is 7.11 Å². The molecule has 62 valence electrons. The summed E-state index contributed by atoms with van der Waals surface area (Å²) < 4.78 is 16.5. The predicted octanol–water partition coefficient (Wildman–Crippen LogP) is 0.970. The Kier molecular flexibility index (Phi) is 6.86. The molecule has 2 nitrogen and oxygen atoms in total. The van der Waals surface area contributed by atoms with Gasteiger partial charge in [-0.05, 0) is 6.42 Å². The molecule has 0 aromatic heterocycles. The fourth-order valence-electron chi connectivity index (χ4n) is 0.781. The summed E-state index contributed by atoms with van der Waals surface area (Å²) >= 11 is 0. The van der Waals surface area contributed by atoms with Crippen molar-refractivity contribution in [1.29, 1.82) is 0 Å². The average molecular weight is 149 g/mol. The van der Waals surface area contributed by atoms with Crippen LogP contribution in [-0.2, 0) is 4.74 Å². The van der Waals surface area contributed by atoms with Crippen LogP contribution in [0.15, 0.2) is 0 Å². The molecule has 1 unspecified atom stereocenters. The summed E-state index contributed by atoms with van der Waals surface area (Å²) in [6.45, 7) is 2.84. The van der Waals surface area contributed by atoms with Crippen molar-refractivity contribution < 1.29 is 9.13 Å². The SMILES string of the molecule is CCC(COC)NCCF. The lowest BCUT2D eigenvalue weighted by atomic mass is 10.2. The zero-order chi connectivity index (χ0) is 7.82. The van der Waals surface area contributed by atoms with Gasteiger partial charge in [0.1, 0.15) is 6.67 Å². The van der Waals surface area contributed by atoms with E-state index in [1.165, 1.54) is 0 Å². The molecule has 0 bridgehead atoms. The first kappa shape index (κ1) is 9.85. The summed E-state index contributed by atoms with van der Waals surface area (Å²) in [5, 5.41) is 3.02. The minimum Gasteiger partial charge on any atom is -0.383 e. The normalized spacial score (nSPS) is 13.5. The molecular formula is C7H16FNO. The second-order valence-electron chi connectivity index (χ2n) is 2.20. The van der Waals surface area contributed by atoms with E-state index in [1.807, 2.05) is 0 Å². The van der Waals surface area contributed by atoms with Gasteiger partial charge in [-0.3, -0.25) is 0 Å². The lowest BCUT2D eigenvalue weighted by molar-refractivity contribution is 0.163. The van der Waals surface area contributed by atoms with Crippen molar-refractivity contribution in [2.75, 3.05) is 26.9 Å². The highest BCUT2D eigenvalue weighted by molar-refractivity contribution is 4.62. The van der Waals surface area contributed by atoms with Crippen molar-refractivity contribution in [2.45, 2.75) is 19.4 Å². The van der Waals surface area contributed by atoms with Crippen LogP contribution in [0.5, 0.6) is 0 Å².